The second-order valence-electron chi connectivity index (χ2n) is 5.28. The van der Waals surface area contributed by atoms with Gasteiger partial charge in [-0.15, -0.1) is 0 Å². The first-order valence-electron chi connectivity index (χ1n) is 6.35. The molecule has 18 heavy (non-hydrogen) atoms. The molecule has 0 bridgehead atoms. The summed E-state index contributed by atoms with van der Waals surface area (Å²) in [7, 11) is 0. The van der Waals surface area contributed by atoms with E-state index in [9.17, 15) is 14.3 Å². The van der Waals surface area contributed by atoms with E-state index in [0.717, 1.165) is 18.4 Å². The zero-order chi connectivity index (χ0) is 12.8. The van der Waals surface area contributed by atoms with Crippen molar-refractivity contribution in [3.8, 4) is 0 Å². The van der Waals surface area contributed by atoms with Crippen LogP contribution in [0, 0.1) is 5.82 Å². The summed E-state index contributed by atoms with van der Waals surface area (Å²) >= 11 is 0. The van der Waals surface area contributed by atoms with Crippen molar-refractivity contribution >= 4 is 5.91 Å². The molecule has 1 heterocycles. The van der Waals surface area contributed by atoms with Crippen molar-refractivity contribution in [2.45, 2.75) is 30.8 Å². The first-order valence-corrected chi connectivity index (χ1v) is 6.35. The van der Waals surface area contributed by atoms with Crippen LogP contribution in [0.1, 0.15) is 24.8 Å². The minimum absolute atomic E-state index is 0.0886. The first kappa shape index (κ1) is 11.7. The summed E-state index contributed by atoms with van der Waals surface area (Å²) in [4.78, 5) is 14.2. The lowest BCUT2D eigenvalue weighted by Gasteiger charge is -2.23. The number of rotatable bonds is 2. The van der Waals surface area contributed by atoms with Crippen LogP contribution < -0.4 is 0 Å². The Hall–Kier alpha value is -1.42. The van der Waals surface area contributed by atoms with E-state index in [1.165, 1.54) is 12.1 Å². The molecule has 3 nitrogen and oxygen atoms in total. The number of carbonyl (C=O) groups is 1. The Morgan fingerprint density at radius 1 is 1.33 bits per heavy atom. The van der Waals surface area contributed by atoms with Crippen molar-refractivity contribution in [2.75, 3.05) is 13.1 Å². The van der Waals surface area contributed by atoms with E-state index in [1.54, 1.807) is 17.0 Å². The molecule has 4 heteroatoms. The number of hydrogen-bond donors (Lipinski definition) is 1. The van der Waals surface area contributed by atoms with Crippen LogP contribution in [-0.4, -0.2) is 35.1 Å². The molecule has 1 atom stereocenters. The molecule has 1 aliphatic heterocycles. The molecule has 0 spiro atoms. The number of nitrogens with zero attached hydrogens (tertiary/aromatic N) is 1. The molecule has 1 saturated heterocycles. The number of hydrogen-bond acceptors (Lipinski definition) is 2. The zero-order valence-electron chi connectivity index (χ0n) is 10.1. The fourth-order valence-corrected chi connectivity index (χ4v) is 2.75. The summed E-state index contributed by atoms with van der Waals surface area (Å²) in [6.45, 7) is 1.06. The van der Waals surface area contributed by atoms with Crippen LogP contribution in [0.4, 0.5) is 4.39 Å². The maximum atomic E-state index is 12.9. The third-order valence-electron chi connectivity index (χ3n) is 4.01. The van der Waals surface area contributed by atoms with Gasteiger partial charge in [0.05, 0.1) is 11.5 Å². The van der Waals surface area contributed by atoms with E-state index in [-0.39, 0.29) is 11.7 Å². The lowest BCUT2D eigenvalue weighted by molar-refractivity contribution is -0.133. The van der Waals surface area contributed by atoms with Crippen molar-refractivity contribution in [3.63, 3.8) is 0 Å². The Labute approximate surface area is 105 Å². The number of carbonyl (C=O) groups excluding carboxylic acids is 1. The highest BCUT2D eigenvalue weighted by atomic mass is 19.1. The van der Waals surface area contributed by atoms with Gasteiger partial charge in [0.1, 0.15) is 5.82 Å². The second-order valence-corrected chi connectivity index (χ2v) is 5.28. The summed E-state index contributed by atoms with van der Waals surface area (Å²) in [5.41, 5.74) is 0.452. The lowest BCUT2D eigenvalue weighted by Crippen LogP contribution is -2.38. The van der Waals surface area contributed by atoms with Crippen LogP contribution >= 0.6 is 0 Å². The second kappa shape index (κ2) is 4.05. The zero-order valence-corrected chi connectivity index (χ0v) is 10.1. The molecule has 2 fully saturated rings. The van der Waals surface area contributed by atoms with Crippen LogP contribution in [0.2, 0.25) is 0 Å². The number of benzene rings is 1. The van der Waals surface area contributed by atoms with Crippen molar-refractivity contribution < 1.29 is 14.3 Å². The molecule has 1 aromatic carbocycles. The summed E-state index contributed by atoms with van der Waals surface area (Å²) in [5, 5.41) is 9.50. The predicted octanol–water partition coefficient (Wildman–Crippen LogP) is 1.45. The Kier molecular flexibility index (Phi) is 2.63. The third-order valence-corrected chi connectivity index (χ3v) is 4.01. The average molecular weight is 249 g/mol. The highest BCUT2D eigenvalue weighted by Crippen LogP contribution is 2.49. The van der Waals surface area contributed by atoms with Crippen molar-refractivity contribution in [1.29, 1.82) is 0 Å². The molecule has 3 rings (SSSR count). The number of likely N-dealkylation sites (tertiary alicyclic amines) is 1. The standard InChI is InChI=1S/C14H16FNO2/c15-11-3-1-10(2-4-11)14(6-7-14)13(18)16-8-5-12(17)9-16/h1-4,12,17H,5-9H2/t12-/m0/s1. The average Bonchev–Trinajstić information content (AvgIpc) is 3.06. The molecule has 1 amide bonds. The monoisotopic (exact) mass is 249 g/mol. The third kappa shape index (κ3) is 1.81. The normalized spacial score (nSPS) is 25.2. The highest BCUT2D eigenvalue weighted by Gasteiger charge is 2.53. The molecule has 1 saturated carbocycles. The molecular weight excluding hydrogens is 233 g/mol. The molecule has 0 radical (unpaired) electrons. The minimum atomic E-state index is -0.447. The number of β-amino-alcohol motifs (C(OH)–C–C–N with tert-alkyl or cyclic N) is 1. The highest BCUT2D eigenvalue weighted by molar-refractivity contribution is 5.91. The van der Waals surface area contributed by atoms with Gasteiger partial charge in [-0.3, -0.25) is 4.79 Å². The van der Waals surface area contributed by atoms with Crippen LogP contribution in [0.15, 0.2) is 24.3 Å². The Balaban J connectivity index is 1.82. The van der Waals surface area contributed by atoms with Gasteiger partial charge in [-0.1, -0.05) is 12.1 Å². The maximum Gasteiger partial charge on any atom is 0.233 e. The predicted molar refractivity (Wildman–Crippen MR) is 64.5 cm³/mol. The molecule has 1 N–H and O–H groups in total. The smallest absolute Gasteiger partial charge is 0.233 e. The Morgan fingerprint density at radius 2 is 2.00 bits per heavy atom. The van der Waals surface area contributed by atoms with E-state index >= 15 is 0 Å². The van der Waals surface area contributed by atoms with Gasteiger partial charge < -0.3 is 10.0 Å². The van der Waals surface area contributed by atoms with Crippen molar-refractivity contribution in [3.05, 3.63) is 35.6 Å². The topological polar surface area (TPSA) is 40.5 Å². The summed E-state index contributed by atoms with van der Waals surface area (Å²) in [6.07, 6.45) is 1.91. The SMILES string of the molecule is O=C(N1CC[C@H](O)C1)C1(c2ccc(F)cc2)CC1. The van der Waals surface area contributed by atoms with E-state index in [2.05, 4.69) is 0 Å². The number of aliphatic hydroxyl groups is 1. The minimum Gasteiger partial charge on any atom is -0.391 e. The number of halogens is 1. The molecule has 0 unspecified atom stereocenters. The van der Waals surface area contributed by atoms with Gasteiger partial charge in [-0.05, 0) is 37.0 Å². The molecule has 96 valence electrons. The van der Waals surface area contributed by atoms with Crippen LogP contribution in [0.25, 0.3) is 0 Å². The van der Waals surface area contributed by atoms with Gasteiger partial charge in [0, 0.05) is 13.1 Å². The van der Waals surface area contributed by atoms with Gasteiger partial charge in [-0.2, -0.15) is 0 Å². The fraction of sp³-hybridized carbons (Fsp3) is 0.500. The lowest BCUT2D eigenvalue weighted by atomic mass is 9.94. The van der Waals surface area contributed by atoms with E-state index in [1.807, 2.05) is 0 Å². The van der Waals surface area contributed by atoms with E-state index in [4.69, 9.17) is 0 Å². The van der Waals surface area contributed by atoms with Gasteiger partial charge in [0.2, 0.25) is 5.91 Å². The molecule has 2 aliphatic rings. The molecular formula is C14H16FNO2. The largest absolute Gasteiger partial charge is 0.391 e. The van der Waals surface area contributed by atoms with Crippen LogP contribution in [-0.2, 0) is 10.2 Å². The van der Waals surface area contributed by atoms with Crippen LogP contribution in [0.5, 0.6) is 0 Å². The van der Waals surface area contributed by atoms with E-state index in [0.29, 0.717) is 19.5 Å². The number of amides is 1. The maximum absolute atomic E-state index is 12.9. The van der Waals surface area contributed by atoms with Gasteiger partial charge in [0.25, 0.3) is 0 Å². The molecule has 1 aromatic rings. The summed E-state index contributed by atoms with van der Waals surface area (Å²) < 4.78 is 12.9. The molecule has 0 aromatic heterocycles. The van der Waals surface area contributed by atoms with Gasteiger partial charge >= 0.3 is 0 Å². The quantitative estimate of drug-likeness (QED) is 0.861. The fourth-order valence-electron chi connectivity index (χ4n) is 2.75. The van der Waals surface area contributed by atoms with E-state index < -0.39 is 11.5 Å². The Bertz CT molecular complexity index is 467. The van der Waals surface area contributed by atoms with Crippen LogP contribution in [0.3, 0.4) is 0 Å². The Morgan fingerprint density at radius 3 is 2.50 bits per heavy atom. The van der Waals surface area contributed by atoms with Gasteiger partial charge in [-0.25, -0.2) is 4.39 Å². The number of aliphatic hydroxyl groups excluding tert-OH is 1. The summed E-state index contributed by atoms with van der Waals surface area (Å²) in [6, 6.07) is 6.21. The first-order chi connectivity index (χ1) is 8.62. The van der Waals surface area contributed by atoms with Gasteiger partial charge in [0.15, 0.2) is 0 Å². The van der Waals surface area contributed by atoms with Crippen molar-refractivity contribution in [2.24, 2.45) is 0 Å². The summed E-state index contributed by atoms with van der Waals surface area (Å²) in [5.74, 6) is -0.191. The van der Waals surface area contributed by atoms with Crippen molar-refractivity contribution in [1.82, 2.24) is 4.90 Å². The molecule has 1 aliphatic carbocycles.